The number of nitrogens with zero attached hydrogens (tertiary/aromatic N) is 2. The first kappa shape index (κ1) is 19.9. The summed E-state index contributed by atoms with van der Waals surface area (Å²) in [7, 11) is 0. The highest BCUT2D eigenvalue weighted by molar-refractivity contribution is 5.86. The monoisotopic (exact) mass is 379 g/mol. The maximum absolute atomic E-state index is 13.1. The topological polar surface area (TPSA) is 93.8 Å². The van der Waals surface area contributed by atoms with E-state index in [0.29, 0.717) is 13.1 Å². The average Bonchev–Trinajstić information content (AvgIpc) is 3.34. The number of carbonyl (C=O) groups is 3. The van der Waals surface area contributed by atoms with E-state index in [2.05, 4.69) is 34.7 Å². The first-order chi connectivity index (χ1) is 12.8. The lowest BCUT2D eigenvalue weighted by Crippen LogP contribution is -2.64. The van der Waals surface area contributed by atoms with Gasteiger partial charge in [0.25, 0.3) is 0 Å². The van der Waals surface area contributed by atoms with Crippen LogP contribution in [0.25, 0.3) is 0 Å². The molecule has 2 heterocycles. The Labute approximate surface area is 161 Å². The molecule has 8 heteroatoms. The van der Waals surface area contributed by atoms with Crippen LogP contribution in [0.1, 0.15) is 47.0 Å². The number of amides is 4. The summed E-state index contributed by atoms with van der Waals surface area (Å²) in [5.74, 6) is 0.272. The lowest BCUT2D eigenvalue weighted by Gasteiger charge is -2.44. The van der Waals surface area contributed by atoms with Crippen LogP contribution in [0.4, 0.5) is 4.79 Å². The lowest BCUT2D eigenvalue weighted by molar-refractivity contribution is -0.145. The van der Waals surface area contributed by atoms with Crippen LogP contribution in [0.15, 0.2) is 0 Å². The summed E-state index contributed by atoms with van der Waals surface area (Å²) < 4.78 is 0. The molecule has 0 unspecified atom stereocenters. The molecule has 3 rings (SSSR count). The van der Waals surface area contributed by atoms with Gasteiger partial charge in [-0.3, -0.25) is 14.5 Å². The highest BCUT2D eigenvalue weighted by Gasteiger charge is 2.46. The van der Waals surface area contributed by atoms with Crippen molar-refractivity contribution in [2.75, 3.05) is 19.6 Å². The van der Waals surface area contributed by atoms with Gasteiger partial charge in [0, 0.05) is 43.7 Å². The van der Waals surface area contributed by atoms with E-state index in [4.69, 9.17) is 0 Å². The van der Waals surface area contributed by atoms with Gasteiger partial charge in [-0.05, 0) is 47.0 Å². The molecular weight excluding hydrogens is 346 g/mol. The summed E-state index contributed by atoms with van der Waals surface area (Å²) >= 11 is 0. The number of piperazine rings is 1. The second kappa shape index (κ2) is 8.04. The summed E-state index contributed by atoms with van der Waals surface area (Å²) in [6, 6.07) is -0.142. The molecule has 3 atom stereocenters. The highest BCUT2D eigenvalue weighted by atomic mass is 16.2. The van der Waals surface area contributed by atoms with Crippen molar-refractivity contribution in [1.29, 1.82) is 0 Å². The first-order valence-corrected chi connectivity index (χ1v) is 10.2. The number of fused-ring (bicyclic) bond motifs is 1. The fourth-order valence-electron chi connectivity index (χ4n) is 4.12. The van der Waals surface area contributed by atoms with Crippen LogP contribution in [0.3, 0.4) is 0 Å². The Morgan fingerprint density at radius 2 is 1.85 bits per heavy atom. The second-order valence-corrected chi connectivity index (χ2v) is 8.68. The van der Waals surface area contributed by atoms with Crippen molar-refractivity contribution < 1.29 is 14.4 Å². The fraction of sp³-hybridized carbons (Fsp3) is 0.842. The third kappa shape index (κ3) is 4.72. The molecule has 1 saturated carbocycles. The predicted molar refractivity (Wildman–Crippen MR) is 102 cm³/mol. The van der Waals surface area contributed by atoms with Crippen LogP contribution in [-0.4, -0.2) is 77.5 Å². The largest absolute Gasteiger partial charge is 0.354 e. The molecule has 0 aromatic rings. The minimum atomic E-state index is -0.327. The molecule has 0 radical (unpaired) electrons. The molecule has 3 N–H and O–H groups in total. The lowest BCUT2D eigenvalue weighted by atomic mass is 10.0. The number of rotatable bonds is 6. The maximum atomic E-state index is 13.1. The normalized spacial score (nSPS) is 28.4. The van der Waals surface area contributed by atoms with E-state index in [1.54, 1.807) is 0 Å². The minimum absolute atomic E-state index is 0.0356. The van der Waals surface area contributed by atoms with E-state index >= 15 is 0 Å². The van der Waals surface area contributed by atoms with E-state index in [1.807, 2.05) is 18.7 Å². The van der Waals surface area contributed by atoms with Crippen molar-refractivity contribution in [3.05, 3.63) is 0 Å². The molecule has 27 heavy (non-hydrogen) atoms. The van der Waals surface area contributed by atoms with Crippen molar-refractivity contribution in [3.63, 3.8) is 0 Å². The van der Waals surface area contributed by atoms with Gasteiger partial charge in [0.2, 0.25) is 11.8 Å². The van der Waals surface area contributed by atoms with Gasteiger partial charge in [-0.1, -0.05) is 0 Å². The highest BCUT2D eigenvalue weighted by Crippen LogP contribution is 2.30. The summed E-state index contributed by atoms with van der Waals surface area (Å²) in [4.78, 5) is 41.2. The smallest absolute Gasteiger partial charge is 0.315 e. The maximum Gasteiger partial charge on any atom is 0.315 e. The Kier molecular flexibility index (Phi) is 5.93. The molecular formula is C19H33N5O3. The van der Waals surface area contributed by atoms with Gasteiger partial charge in [0.15, 0.2) is 0 Å². The molecule has 0 bridgehead atoms. The molecule has 0 aromatic heterocycles. The summed E-state index contributed by atoms with van der Waals surface area (Å²) in [6.45, 7) is 9.68. The summed E-state index contributed by atoms with van der Waals surface area (Å²) in [5.41, 5.74) is 0. The zero-order chi connectivity index (χ0) is 19.7. The van der Waals surface area contributed by atoms with Crippen molar-refractivity contribution in [3.8, 4) is 0 Å². The van der Waals surface area contributed by atoms with Crippen molar-refractivity contribution in [2.24, 2.45) is 5.92 Å². The Morgan fingerprint density at radius 1 is 1.15 bits per heavy atom. The number of nitrogens with one attached hydrogen (secondary N) is 3. The quantitative estimate of drug-likeness (QED) is 0.618. The second-order valence-electron chi connectivity index (χ2n) is 8.68. The van der Waals surface area contributed by atoms with Crippen LogP contribution in [-0.2, 0) is 9.59 Å². The van der Waals surface area contributed by atoms with Crippen molar-refractivity contribution >= 4 is 17.8 Å². The molecule has 152 valence electrons. The molecule has 8 nitrogen and oxygen atoms in total. The molecule has 2 aliphatic heterocycles. The summed E-state index contributed by atoms with van der Waals surface area (Å²) in [5, 5.41) is 8.79. The van der Waals surface area contributed by atoms with E-state index in [9.17, 15) is 14.4 Å². The Bertz CT molecular complexity index is 590. The zero-order valence-electron chi connectivity index (χ0n) is 16.8. The van der Waals surface area contributed by atoms with E-state index in [0.717, 1.165) is 25.8 Å². The fourth-order valence-corrected chi connectivity index (χ4v) is 4.12. The predicted octanol–water partition coefficient (Wildman–Crippen LogP) is 0.282. The molecule has 4 amide bonds. The van der Waals surface area contributed by atoms with Gasteiger partial charge < -0.3 is 20.9 Å². The average molecular weight is 380 g/mol. The van der Waals surface area contributed by atoms with Crippen LogP contribution >= 0.6 is 0 Å². The molecule has 1 aliphatic carbocycles. The van der Waals surface area contributed by atoms with Gasteiger partial charge in [-0.25, -0.2) is 4.79 Å². The standard InChI is InChI=1S/C19H33N5O3/c1-11(2)21-19(27)22-14-7-15-10-23(12(3)4)16(18(26)24(15)9-14)8-20-17(25)13-5-6-13/h11-16H,5-10H2,1-4H3,(H,20,25)(H2,21,22,27)/t14-,15-,16-/m0/s1. The van der Waals surface area contributed by atoms with Gasteiger partial charge in [0.05, 0.1) is 6.04 Å². The van der Waals surface area contributed by atoms with Crippen molar-refractivity contribution in [1.82, 2.24) is 25.8 Å². The first-order valence-electron chi connectivity index (χ1n) is 10.2. The van der Waals surface area contributed by atoms with Crippen LogP contribution < -0.4 is 16.0 Å². The van der Waals surface area contributed by atoms with Crippen LogP contribution in [0, 0.1) is 5.92 Å². The molecule has 0 aromatic carbocycles. The van der Waals surface area contributed by atoms with E-state index < -0.39 is 0 Å². The Hall–Kier alpha value is -1.83. The van der Waals surface area contributed by atoms with E-state index in [1.165, 1.54) is 0 Å². The van der Waals surface area contributed by atoms with E-state index in [-0.39, 0.29) is 54.0 Å². The number of hydrogen-bond donors (Lipinski definition) is 3. The van der Waals surface area contributed by atoms with Crippen molar-refractivity contribution in [2.45, 2.75) is 77.2 Å². The third-order valence-electron chi connectivity index (χ3n) is 5.64. The van der Waals surface area contributed by atoms with Gasteiger partial charge in [-0.2, -0.15) is 0 Å². The van der Waals surface area contributed by atoms with Gasteiger partial charge >= 0.3 is 6.03 Å². The molecule has 3 aliphatic rings. The Balaban J connectivity index is 1.61. The summed E-state index contributed by atoms with van der Waals surface area (Å²) in [6.07, 6.45) is 2.68. The third-order valence-corrected chi connectivity index (χ3v) is 5.64. The minimum Gasteiger partial charge on any atom is -0.354 e. The van der Waals surface area contributed by atoms with Gasteiger partial charge in [-0.15, -0.1) is 0 Å². The van der Waals surface area contributed by atoms with Gasteiger partial charge in [0.1, 0.15) is 6.04 Å². The van der Waals surface area contributed by atoms with Crippen LogP contribution in [0.2, 0.25) is 0 Å². The Morgan fingerprint density at radius 3 is 2.44 bits per heavy atom. The SMILES string of the molecule is CC(C)NC(=O)N[C@H]1C[C@H]2CN(C(C)C)[C@@H](CNC(=O)C3CC3)C(=O)N2C1. The molecule has 2 saturated heterocycles. The zero-order valence-corrected chi connectivity index (χ0v) is 16.8. The molecule has 0 spiro atoms. The molecule has 3 fully saturated rings. The number of hydrogen-bond acceptors (Lipinski definition) is 4. The number of carbonyl (C=O) groups excluding carboxylic acids is 3. The number of urea groups is 1. The van der Waals surface area contributed by atoms with Crippen LogP contribution in [0.5, 0.6) is 0 Å².